The number of methoxy groups -OCH3 is 1. The van der Waals surface area contributed by atoms with Gasteiger partial charge in [0, 0.05) is 46.1 Å². The Hall–Kier alpha value is -2.67. The molecule has 1 fully saturated rings. The summed E-state index contributed by atoms with van der Waals surface area (Å²) in [7, 11) is 5.31. The summed E-state index contributed by atoms with van der Waals surface area (Å²) in [5.74, 6) is 1.88. The highest BCUT2D eigenvalue weighted by Gasteiger charge is 2.23. The van der Waals surface area contributed by atoms with Crippen molar-refractivity contribution in [1.29, 1.82) is 0 Å². The fourth-order valence-corrected chi connectivity index (χ4v) is 3.84. The highest BCUT2D eigenvalue weighted by Crippen LogP contribution is 2.19. The molecule has 1 amide bonds. The molecule has 1 aromatic carbocycles. The van der Waals surface area contributed by atoms with Gasteiger partial charge in [0.15, 0.2) is 0 Å². The highest BCUT2D eigenvalue weighted by molar-refractivity contribution is 5.93. The average molecular weight is 398 g/mol. The Morgan fingerprint density at radius 3 is 2.66 bits per heavy atom. The van der Waals surface area contributed by atoms with Crippen molar-refractivity contribution >= 4 is 11.9 Å². The zero-order valence-electron chi connectivity index (χ0n) is 17.6. The van der Waals surface area contributed by atoms with Gasteiger partial charge in [-0.1, -0.05) is 12.1 Å². The van der Waals surface area contributed by atoms with Crippen molar-refractivity contribution in [2.24, 2.45) is 5.92 Å². The molecule has 3 rings (SSSR count). The van der Waals surface area contributed by atoms with Gasteiger partial charge in [-0.3, -0.25) is 4.79 Å². The number of piperidine rings is 1. The number of aromatic nitrogens is 2. The van der Waals surface area contributed by atoms with Crippen molar-refractivity contribution in [3.8, 4) is 5.75 Å². The molecule has 0 aliphatic carbocycles. The van der Waals surface area contributed by atoms with Gasteiger partial charge < -0.3 is 19.9 Å². The van der Waals surface area contributed by atoms with Gasteiger partial charge in [0.25, 0.3) is 5.91 Å². The van der Waals surface area contributed by atoms with E-state index in [4.69, 9.17) is 4.74 Å². The third-order valence-electron chi connectivity index (χ3n) is 5.48. The Bertz CT molecular complexity index is 779. The van der Waals surface area contributed by atoms with Crippen LogP contribution in [0.15, 0.2) is 36.7 Å². The first-order chi connectivity index (χ1) is 14.1. The van der Waals surface area contributed by atoms with Gasteiger partial charge in [0.1, 0.15) is 5.75 Å². The van der Waals surface area contributed by atoms with Gasteiger partial charge in [-0.2, -0.15) is 0 Å². The molecule has 2 aromatic rings. The van der Waals surface area contributed by atoms with Crippen LogP contribution >= 0.6 is 0 Å². The van der Waals surface area contributed by atoms with E-state index in [0.717, 1.165) is 44.8 Å². The second kappa shape index (κ2) is 10.2. The Labute approximate surface area is 173 Å². The van der Waals surface area contributed by atoms with E-state index in [1.165, 1.54) is 12.0 Å². The Kier molecular flexibility index (Phi) is 7.41. The van der Waals surface area contributed by atoms with Crippen LogP contribution in [0.1, 0.15) is 28.8 Å². The molecule has 1 aliphatic heterocycles. The number of benzene rings is 1. The summed E-state index contributed by atoms with van der Waals surface area (Å²) in [5, 5.41) is 2.86. The quantitative estimate of drug-likeness (QED) is 0.738. The number of nitrogens with zero attached hydrogens (tertiary/aromatic N) is 4. The van der Waals surface area contributed by atoms with Crippen molar-refractivity contribution in [3.05, 3.63) is 47.8 Å². The molecule has 29 heavy (non-hydrogen) atoms. The van der Waals surface area contributed by atoms with E-state index in [1.54, 1.807) is 31.5 Å². The summed E-state index contributed by atoms with van der Waals surface area (Å²) in [5.41, 5.74) is 1.85. The summed E-state index contributed by atoms with van der Waals surface area (Å²) in [4.78, 5) is 25.3. The number of likely N-dealkylation sites (tertiary alicyclic amines) is 1. The lowest BCUT2D eigenvalue weighted by atomic mass is 9.97. The molecule has 7 nitrogen and oxygen atoms in total. The smallest absolute Gasteiger partial charge is 0.256 e. The lowest BCUT2D eigenvalue weighted by Crippen LogP contribution is -2.42. The number of ether oxygens (including phenoxy) is 1. The molecule has 0 spiro atoms. The first kappa shape index (κ1) is 21.0. The first-order valence-electron chi connectivity index (χ1n) is 10.2. The summed E-state index contributed by atoms with van der Waals surface area (Å²) in [6, 6.07) is 8.30. The largest absolute Gasteiger partial charge is 0.497 e. The van der Waals surface area contributed by atoms with E-state index in [1.807, 2.05) is 19.2 Å². The Morgan fingerprint density at radius 1 is 1.28 bits per heavy atom. The van der Waals surface area contributed by atoms with Crippen LogP contribution in [0.2, 0.25) is 0 Å². The molecule has 7 heteroatoms. The zero-order chi connectivity index (χ0) is 20.6. The lowest BCUT2D eigenvalue weighted by Gasteiger charge is -2.34. The molecule has 1 saturated heterocycles. The molecule has 0 unspecified atom stereocenters. The Balaban J connectivity index is 1.48. The first-order valence-corrected chi connectivity index (χ1v) is 10.2. The van der Waals surface area contributed by atoms with Gasteiger partial charge in [-0.25, -0.2) is 9.97 Å². The summed E-state index contributed by atoms with van der Waals surface area (Å²) in [6.07, 6.45) is 6.53. The van der Waals surface area contributed by atoms with Crippen LogP contribution in [0.3, 0.4) is 0 Å². The number of hydrogen-bond acceptors (Lipinski definition) is 6. The maximum Gasteiger partial charge on any atom is 0.256 e. The van der Waals surface area contributed by atoms with E-state index in [9.17, 15) is 4.79 Å². The number of carbonyl (C=O) groups excluding carboxylic acids is 1. The van der Waals surface area contributed by atoms with E-state index >= 15 is 0 Å². The van der Waals surface area contributed by atoms with Crippen LogP contribution in [0, 0.1) is 5.92 Å². The maximum atomic E-state index is 12.7. The third kappa shape index (κ3) is 5.90. The van der Waals surface area contributed by atoms with Crippen molar-refractivity contribution in [3.63, 3.8) is 0 Å². The fourth-order valence-electron chi connectivity index (χ4n) is 3.84. The minimum Gasteiger partial charge on any atom is -0.497 e. The number of carbonyl (C=O) groups is 1. The average Bonchev–Trinajstić information content (AvgIpc) is 2.78. The van der Waals surface area contributed by atoms with Crippen molar-refractivity contribution in [1.82, 2.24) is 19.8 Å². The predicted molar refractivity (Wildman–Crippen MR) is 114 cm³/mol. The normalized spacial score (nSPS) is 17.0. The molecule has 0 bridgehead atoms. The van der Waals surface area contributed by atoms with Crippen LogP contribution < -0.4 is 10.1 Å². The molecule has 0 radical (unpaired) electrons. The number of anilines is 1. The second-order valence-electron chi connectivity index (χ2n) is 7.64. The van der Waals surface area contributed by atoms with Crippen LogP contribution in [-0.4, -0.2) is 73.1 Å². The SMILES string of the molecule is CNc1ncc(C(=O)N(C)C[C@H]2CCCN(CCc3ccc(OC)cc3)C2)cn1. The van der Waals surface area contributed by atoms with Gasteiger partial charge in [-0.05, 0) is 49.4 Å². The number of hydrogen-bond donors (Lipinski definition) is 1. The van der Waals surface area contributed by atoms with E-state index in [-0.39, 0.29) is 5.91 Å². The number of rotatable bonds is 8. The molecule has 1 atom stereocenters. The van der Waals surface area contributed by atoms with Crippen LogP contribution in [0.4, 0.5) is 5.95 Å². The second-order valence-corrected chi connectivity index (χ2v) is 7.64. The van der Waals surface area contributed by atoms with E-state index in [0.29, 0.717) is 17.4 Å². The predicted octanol–water partition coefficient (Wildman–Crippen LogP) is 2.55. The highest BCUT2D eigenvalue weighted by atomic mass is 16.5. The van der Waals surface area contributed by atoms with Crippen molar-refractivity contribution < 1.29 is 9.53 Å². The van der Waals surface area contributed by atoms with Crippen LogP contribution in [0.25, 0.3) is 0 Å². The summed E-state index contributed by atoms with van der Waals surface area (Å²) >= 11 is 0. The molecular weight excluding hydrogens is 366 g/mol. The molecular formula is C22H31N5O2. The van der Waals surface area contributed by atoms with E-state index < -0.39 is 0 Å². The van der Waals surface area contributed by atoms with Crippen LogP contribution in [-0.2, 0) is 6.42 Å². The molecule has 1 N–H and O–H groups in total. The number of amides is 1. The minimum absolute atomic E-state index is 0.0250. The van der Waals surface area contributed by atoms with Gasteiger partial charge >= 0.3 is 0 Å². The minimum atomic E-state index is -0.0250. The summed E-state index contributed by atoms with van der Waals surface area (Å²) < 4.78 is 5.22. The van der Waals surface area contributed by atoms with E-state index in [2.05, 4.69) is 32.3 Å². The number of nitrogens with one attached hydrogen (secondary N) is 1. The zero-order valence-corrected chi connectivity index (χ0v) is 17.6. The molecule has 0 saturated carbocycles. The molecule has 1 aliphatic rings. The monoisotopic (exact) mass is 397 g/mol. The van der Waals surface area contributed by atoms with Crippen molar-refractivity contribution in [2.45, 2.75) is 19.3 Å². The standard InChI is InChI=1S/C22H31N5O2/c1-23-22-24-13-19(14-25-22)21(28)26(2)15-18-5-4-11-27(16-18)12-10-17-6-8-20(29-3)9-7-17/h6-9,13-14,18H,4-5,10-12,15-16H2,1-3H3,(H,23,24,25)/t18-/m1/s1. The maximum absolute atomic E-state index is 12.7. The molecule has 156 valence electrons. The van der Waals surface area contributed by atoms with Gasteiger partial charge in [-0.15, -0.1) is 0 Å². The molecule has 2 heterocycles. The molecule has 1 aromatic heterocycles. The van der Waals surface area contributed by atoms with Crippen LogP contribution in [0.5, 0.6) is 5.75 Å². The fraction of sp³-hybridized carbons (Fsp3) is 0.500. The topological polar surface area (TPSA) is 70.6 Å². The lowest BCUT2D eigenvalue weighted by molar-refractivity contribution is 0.0729. The Morgan fingerprint density at radius 2 is 2.00 bits per heavy atom. The third-order valence-corrected chi connectivity index (χ3v) is 5.48. The van der Waals surface area contributed by atoms with Gasteiger partial charge in [0.2, 0.25) is 5.95 Å². The van der Waals surface area contributed by atoms with Gasteiger partial charge in [0.05, 0.1) is 12.7 Å². The van der Waals surface area contributed by atoms with Crippen molar-refractivity contribution in [2.75, 3.05) is 52.7 Å². The summed E-state index contributed by atoms with van der Waals surface area (Å²) in [6.45, 7) is 3.96.